The highest BCUT2D eigenvalue weighted by molar-refractivity contribution is 9.10. The second-order valence-corrected chi connectivity index (χ2v) is 6.15. The molecule has 0 atom stereocenters. The minimum atomic E-state index is -0.698. The fourth-order valence-corrected chi connectivity index (χ4v) is 1.91. The maximum atomic E-state index is 12.1. The number of rotatable bonds is 7. The lowest BCUT2D eigenvalue weighted by atomic mass is 9.93. The van der Waals surface area contributed by atoms with Gasteiger partial charge < -0.3 is 11.1 Å². The Hall–Kier alpha value is -1.37. The molecule has 0 radical (unpaired) electrons. The van der Waals surface area contributed by atoms with Crippen LogP contribution in [0.4, 0.5) is 5.69 Å². The van der Waals surface area contributed by atoms with Gasteiger partial charge in [0.2, 0.25) is 5.91 Å². The first-order valence-electron chi connectivity index (χ1n) is 6.59. The summed E-state index contributed by atoms with van der Waals surface area (Å²) in [5.41, 5.74) is 5.00. The highest BCUT2D eigenvalue weighted by Gasteiger charge is 2.25. The average molecular weight is 345 g/mol. The van der Waals surface area contributed by atoms with Crippen LogP contribution in [0.25, 0.3) is 0 Å². The maximum Gasteiger partial charge on any atom is 0.283 e. The molecule has 0 aliphatic rings. The van der Waals surface area contributed by atoms with Gasteiger partial charge in [-0.2, -0.15) is 5.10 Å². The summed E-state index contributed by atoms with van der Waals surface area (Å²) >= 11 is 3.28. The zero-order valence-corrected chi connectivity index (χ0v) is 13.7. The normalized spacial score (nSPS) is 11.4. The van der Waals surface area contributed by atoms with E-state index in [4.69, 9.17) is 5.73 Å². The number of hydrogen-bond acceptors (Lipinski definition) is 4. The van der Waals surface area contributed by atoms with Gasteiger partial charge in [0.1, 0.15) is 4.47 Å². The van der Waals surface area contributed by atoms with Gasteiger partial charge in [0.05, 0.1) is 17.3 Å². The van der Waals surface area contributed by atoms with E-state index in [9.17, 15) is 9.59 Å². The van der Waals surface area contributed by atoms with Crippen LogP contribution in [0.15, 0.2) is 15.5 Å². The molecule has 1 heterocycles. The van der Waals surface area contributed by atoms with Crippen molar-refractivity contribution in [3.63, 3.8) is 0 Å². The van der Waals surface area contributed by atoms with Crippen LogP contribution in [0, 0.1) is 5.41 Å². The lowest BCUT2D eigenvalue weighted by Crippen LogP contribution is -2.37. The van der Waals surface area contributed by atoms with Crippen molar-refractivity contribution in [2.75, 3.05) is 11.9 Å². The van der Waals surface area contributed by atoms with Crippen LogP contribution in [-0.2, 0) is 11.3 Å². The van der Waals surface area contributed by atoms with E-state index >= 15 is 0 Å². The summed E-state index contributed by atoms with van der Waals surface area (Å²) in [6, 6.07) is 0. The highest BCUT2D eigenvalue weighted by atomic mass is 79.9. The average Bonchev–Trinajstić information content (AvgIpc) is 2.39. The lowest BCUT2D eigenvalue weighted by Gasteiger charge is -2.21. The Morgan fingerprint density at radius 1 is 1.55 bits per heavy atom. The van der Waals surface area contributed by atoms with Crippen LogP contribution >= 0.6 is 15.9 Å². The molecule has 0 saturated carbocycles. The second kappa shape index (κ2) is 6.88. The molecule has 0 aliphatic heterocycles. The van der Waals surface area contributed by atoms with E-state index < -0.39 is 11.3 Å². The first kappa shape index (κ1) is 16.7. The Morgan fingerprint density at radius 2 is 2.20 bits per heavy atom. The molecule has 7 heteroatoms. The third kappa shape index (κ3) is 4.06. The third-order valence-corrected chi connectivity index (χ3v) is 3.86. The van der Waals surface area contributed by atoms with Crippen molar-refractivity contribution in [1.29, 1.82) is 0 Å². The van der Waals surface area contributed by atoms with Crippen LogP contribution in [0.3, 0.4) is 0 Å². The zero-order chi connectivity index (χ0) is 15.3. The summed E-state index contributed by atoms with van der Waals surface area (Å²) in [6.45, 7) is 6.47. The van der Waals surface area contributed by atoms with Gasteiger partial charge in [0.25, 0.3) is 5.56 Å². The molecule has 1 aromatic heterocycles. The molecule has 0 saturated heterocycles. The third-order valence-electron chi connectivity index (χ3n) is 3.10. The van der Waals surface area contributed by atoms with E-state index in [1.165, 1.54) is 4.68 Å². The molecule has 0 aliphatic carbocycles. The fourth-order valence-electron chi connectivity index (χ4n) is 1.46. The van der Waals surface area contributed by atoms with Crippen molar-refractivity contribution < 1.29 is 4.79 Å². The van der Waals surface area contributed by atoms with Crippen molar-refractivity contribution in [2.24, 2.45) is 11.1 Å². The molecular weight excluding hydrogens is 324 g/mol. The number of hydrogen-bond donors (Lipinski definition) is 2. The largest absolute Gasteiger partial charge is 0.382 e. The summed E-state index contributed by atoms with van der Waals surface area (Å²) in [5.74, 6) is -0.398. The number of nitrogens with one attached hydrogen (secondary N) is 1. The van der Waals surface area contributed by atoms with Crippen LogP contribution < -0.4 is 16.6 Å². The number of carbonyl (C=O) groups excluding carboxylic acids is 1. The number of amides is 1. The van der Waals surface area contributed by atoms with Crippen molar-refractivity contribution in [3.05, 3.63) is 21.0 Å². The Morgan fingerprint density at radius 3 is 2.75 bits per heavy atom. The zero-order valence-electron chi connectivity index (χ0n) is 12.1. The Balaban J connectivity index is 2.86. The smallest absolute Gasteiger partial charge is 0.283 e. The molecule has 0 unspecified atom stereocenters. The molecule has 0 fully saturated rings. The lowest BCUT2D eigenvalue weighted by molar-refractivity contribution is -0.125. The number of anilines is 1. The van der Waals surface area contributed by atoms with E-state index in [0.717, 1.165) is 12.8 Å². The molecular formula is C13H21BrN4O2. The molecule has 112 valence electrons. The van der Waals surface area contributed by atoms with Gasteiger partial charge in [-0.05, 0) is 36.2 Å². The van der Waals surface area contributed by atoms with E-state index in [2.05, 4.69) is 33.3 Å². The topological polar surface area (TPSA) is 90.0 Å². The number of carbonyl (C=O) groups is 1. The van der Waals surface area contributed by atoms with E-state index in [-0.39, 0.29) is 5.56 Å². The second-order valence-electron chi connectivity index (χ2n) is 5.36. The summed E-state index contributed by atoms with van der Waals surface area (Å²) in [7, 11) is 0. The van der Waals surface area contributed by atoms with Gasteiger partial charge >= 0.3 is 0 Å². The number of aryl methyl sites for hydroxylation is 1. The molecule has 1 rings (SSSR count). The standard InChI is InChI=1S/C13H21BrN4O2/c1-4-5-6-18-11(19)10(14)9(7-17-18)16-8-13(2,3)12(15)20/h7,16H,4-6,8H2,1-3H3,(H2,15,20). The Kier molecular flexibility index (Phi) is 5.74. The minimum absolute atomic E-state index is 0.180. The summed E-state index contributed by atoms with van der Waals surface area (Å²) in [5, 5.41) is 7.15. The van der Waals surface area contributed by atoms with Gasteiger partial charge in [0.15, 0.2) is 0 Å². The van der Waals surface area contributed by atoms with Gasteiger partial charge in [-0.25, -0.2) is 4.68 Å². The quantitative estimate of drug-likeness (QED) is 0.788. The number of halogens is 1. The maximum absolute atomic E-state index is 12.1. The van der Waals surface area contributed by atoms with Crippen LogP contribution in [0.1, 0.15) is 33.6 Å². The molecule has 0 aromatic carbocycles. The van der Waals surface area contributed by atoms with Crippen LogP contribution in [0.5, 0.6) is 0 Å². The number of nitrogens with two attached hydrogens (primary N) is 1. The molecule has 1 aromatic rings. The highest BCUT2D eigenvalue weighted by Crippen LogP contribution is 2.20. The Bertz CT molecular complexity index is 540. The van der Waals surface area contributed by atoms with Gasteiger partial charge in [-0.15, -0.1) is 0 Å². The number of aromatic nitrogens is 2. The first-order valence-corrected chi connectivity index (χ1v) is 7.38. The summed E-state index contributed by atoms with van der Waals surface area (Å²) in [4.78, 5) is 23.3. The number of unbranched alkanes of at least 4 members (excludes halogenated alkanes) is 1. The van der Waals surface area contributed by atoms with Gasteiger partial charge in [-0.1, -0.05) is 13.3 Å². The summed E-state index contributed by atoms with van der Waals surface area (Å²) < 4.78 is 1.85. The minimum Gasteiger partial charge on any atom is -0.382 e. The molecule has 1 amide bonds. The molecule has 3 N–H and O–H groups in total. The van der Waals surface area contributed by atoms with E-state index in [1.54, 1.807) is 20.0 Å². The van der Waals surface area contributed by atoms with Gasteiger partial charge in [0, 0.05) is 13.1 Å². The predicted molar refractivity (Wildman–Crippen MR) is 82.6 cm³/mol. The molecule has 0 spiro atoms. The van der Waals surface area contributed by atoms with Gasteiger partial charge in [-0.3, -0.25) is 9.59 Å². The monoisotopic (exact) mass is 344 g/mol. The van der Waals surface area contributed by atoms with E-state index in [1.807, 2.05) is 0 Å². The van der Waals surface area contributed by atoms with Crippen molar-refractivity contribution in [1.82, 2.24) is 9.78 Å². The SMILES string of the molecule is CCCCn1ncc(NCC(C)(C)C(N)=O)c(Br)c1=O. The van der Waals surface area contributed by atoms with Crippen LogP contribution in [0.2, 0.25) is 0 Å². The van der Waals surface area contributed by atoms with Crippen molar-refractivity contribution >= 4 is 27.5 Å². The predicted octanol–water partition coefficient (Wildman–Crippen LogP) is 1.73. The van der Waals surface area contributed by atoms with Crippen LogP contribution in [-0.4, -0.2) is 22.2 Å². The number of nitrogens with zero attached hydrogens (tertiary/aromatic N) is 2. The Labute approximate surface area is 126 Å². The summed E-state index contributed by atoms with van der Waals surface area (Å²) in [6.07, 6.45) is 3.48. The first-order chi connectivity index (χ1) is 9.29. The number of primary amides is 1. The molecule has 20 heavy (non-hydrogen) atoms. The molecule has 0 bridgehead atoms. The van der Waals surface area contributed by atoms with Crippen molar-refractivity contribution in [3.8, 4) is 0 Å². The molecule has 6 nitrogen and oxygen atoms in total. The fraction of sp³-hybridized carbons (Fsp3) is 0.615. The van der Waals surface area contributed by atoms with Crippen molar-refractivity contribution in [2.45, 2.75) is 40.2 Å². The van der Waals surface area contributed by atoms with E-state index in [0.29, 0.717) is 23.2 Å².